The van der Waals surface area contributed by atoms with Crippen LogP contribution in [0.5, 0.6) is 0 Å². The van der Waals surface area contributed by atoms with Crippen molar-refractivity contribution in [2.24, 2.45) is 5.73 Å². The molecule has 94 valence electrons. The summed E-state index contributed by atoms with van der Waals surface area (Å²) in [5, 5.41) is 2.12. The molecule has 1 aliphatic heterocycles. The zero-order valence-electron chi connectivity index (χ0n) is 9.85. The van der Waals surface area contributed by atoms with Crippen LogP contribution in [-0.2, 0) is 17.8 Å². The average molecular weight is 270 g/mol. The highest BCUT2D eigenvalue weighted by Gasteiger charge is 2.20. The van der Waals surface area contributed by atoms with Crippen molar-refractivity contribution in [3.63, 3.8) is 0 Å². The molecule has 1 aromatic heterocycles. The highest BCUT2D eigenvalue weighted by atomic mass is 32.2. The van der Waals surface area contributed by atoms with Crippen LogP contribution in [0.3, 0.4) is 0 Å². The van der Waals surface area contributed by atoms with Crippen LogP contribution in [-0.4, -0.2) is 35.4 Å². The molecule has 0 atom stereocenters. The number of carbonyl (C=O) groups excluding carboxylic acids is 1. The van der Waals surface area contributed by atoms with Gasteiger partial charge >= 0.3 is 0 Å². The zero-order valence-corrected chi connectivity index (χ0v) is 11.5. The Hall–Kier alpha value is -0.520. The van der Waals surface area contributed by atoms with Crippen LogP contribution >= 0.6 is 23.1 Å². The predicted octanol–water partition coefficient (Wildman–Crippen LogP) is 1.71. The molecule has 1 aromatic rings. The van der Waals surface area contributed by atoms with E-state index in [1.54, 1.807) is 23.1 Å². The lowest BCUT2D eigenvalue weighted by Crippen LogP contribution is -2.36. The minimum atomic E-state index is 0.267. The van der Waals surface area contributed by atoms with Gasteiger partial charge in [-0.15, -0.1) is 11.3 Å². The van der Waals surface area contributed by atoms with E-state index >= 15 is 0 Å². The van der Waals surface area contributed by atoms with Gasteiger partial charge in [0.05, 0.1) is 5.75 Å². The number of thioether (sulfide) groups is 1. The van der Waals surface area contributed by atoms with Crippen LogP contribution < -0.4 is 5.73 Å². The maximum atomic E-state index is 12.0. The van der Waals surface area contributed by atoms with Crippen molar-refractivity contribution in [2.75, 3.05) is 24.6 Å². The second kappa shape index (κ2) is 6.42. The molecular formula is C12H18N2OS2. The van der Waals surface area contributed by atoms with Crippen molar-refractivity contribution in [2.45, 2.75) is 19.4 Å². The van der Waals surface area contributed by atoms with Gasteiger partial charge in [-0.1, -0.05) is 0 Å². The van der Waals surface area contributed by atoms with Gasteiger partial charge in [0.1, 0.15) is 0 Å². The Labute approximate surface area is 110 Å². The Morgan fingerprint density at radius 3 is 3.29 bits per heavy atom. The number of rotatable bonds is 5. The van der Waals surface area contributed by atoms with Crippen molar-refractivity contribution in [3.8, 4) is 0 Å². The summed E-state index contributed by atoms with van der Waals surface area (Å²) >= 11 is 3.50. The topological polar surface area (TPSA) is 46.3 Å². The number of hydrogen-bond donors (Lipinski definition) is 1. The van der Waals surface area contributed by atoms with Gasteiger partial charge in [-0.3, -0.25) is 4.79 Å². The maximum Gasteiger partial charge on any atom is 0.232 e. The predicted molar refractivity (Wildman–Crippen MR) is 74.4 cm³/mol. The number of nitrogens with zero attached hydrogens (tertiary/aromatic N) is 1. The highest BCUT2D eigenvalue weighted by molar-refractivity contribution is 7.99. The summed E-state index contributed by atoms with van der Waals surface area (Å²) in [6, 6.07) is 2.14. The van der Waals surface area contributed by atoms with Crippen LogP contribution in [0.1, 0.15) is 16.9 Å². The maximum absolute atomic E-state index is 12.0. The fraction of sp³-hybridized carbons (Fsp3) is 0.583. The SMILES string of the molecule is NCCCSCC(=O)N1CCc2sccc2C1. The molecule has 0 unspecified atom stereocenters. The van der Waals surface area contributed by atoms with Crippen LogP contribution in [0.4, 0.5) is 0 Å². The molecule has 1 amide bonds. The zero-order chi connectivity index (χ0) is 12.1. The number of amides is 1. The van der Waals surface area contributed by atoms with E-state index in [1.807, 2.05) is 4.90 Å². The Bertz CT molecular complexity index is 378. The first-order valence-corrected chi connectivity index (χ1v) is 7.95. The number of thiophene rings is 1. The molecule has 1 aliphatic rings. The minimum Gasteiger partial charge on any atom is -0.337 e. The van der Waals surface area contributed by atoms with E-state index in [9.17, 15) is 4.79 Å². The molecule has 0 bridgehead atoms. The summed E-state index contributed by atoms with van der Waals surface area (Å²) in [6.45, 7) is 2.39. The molecule has 0 radical (unpaired) electrons. The molecule has 17 heavy (non-hydrogen) atoms. The number of fused-ring (bicyclic) bond motifs is 1. The van der Waals surface area contributed by atoms with Crippen LogP contribution in [0, 0.1) is 0 Å². The summed E-state index contributed by atoms with van der Waals surface area (Å²) in [5.41, 5.74) is 6.76. The summed E-state index contributed by atoms with van der Waals surface area (Å²) in [4.78, 5) is 15.4. The Morgan fingerprint density at radius 1 is 1.59 bits per heavy atom. The molecule has 0 spiro atoms. The van der Waals surface area contributed by atoms with Crippen molar-refractivity contribution in [3.05, 3.63) is 21.9 Å². The third-order valence-electron chi connectivity index (χ3n) is 2.88. The molecule has 2 N–H and O–H groups in total. The second-order valence-electron chi connectivity index (χ2n) is 4.13. The minimum absolute atomic E-state index is 0.267. The normalized spacial score (nSPS) is 14.8. The van der Waals surface area contributed by atoms with E-state index in [4.69, 9.17) is 5.73 Å². The summed E-state index contributed by atoms with van der Waals surface area (Å²) in [5.74, 6) is 1.85. The molecule has 0 saturated heterocycles. The number of nitrogens with two attached hydrogens (primary N) is 1. The molecule has 0 aromatic carbocycles. The van der Waals surface area contributed by atoms with Crippen molar-refractivity contribution in [1.82, 2.24) is 4.90 Å². The standard InChI is InChI=1S/C12H18N2OS2/c13-4-1-6-16-9-12(15)14-5-2-11-10(8-14)3-7-17-11/h3,7H,1-2,4-6,8-9,13H2. The van der Waals surface area contributed by atoms with Crippen molar-refractivity contribution >= 4 is 29.0 Å². The smallest absolute Gasteiger partial charge is 0.232 e. The van der Waals surface area contributed by atoms with Crippen LogP contribution in [0.15, 0.2) is 11.4 Å². The summed E-state index contributed by atoms with van der Waals surface area (Å²) in [6.07, 6.45) is 2.01. The van der Waals surface area contributed by atoms with Gasteiger partial charge in [-0.2, -0.15) is 11.8 Å². The Morgan fingerprint density at radius 2 is 2.47 bits per heavy atom. The lowest BCUT2D eigenvalue weighted by Gasteiger charge is -2.26. The fourth-order valence-corrected chi connectivity index (χ4v) is 3.66. The third-order valence-corrected chi connectivity index (χ3v) is 4.93. The first-order valence-electron chi connectivity index (χ1n) is 5.92. The third kappa shape index (κ3) is 3.47. The van der Waals surface area contributed by atoms with E-state index < -0.39 is 0 Å². The van der Waals surface area contributed by atoms with E-state index in [0.717, 1.165) is 31.7 Å². The number of hydrogen-bond acceptors (Lipinski definition) is 4. The molecular weight excluding hydrogens is 252 g/mol. The van der Waals surface area contributed by atoms with E-state index in [1.165, 1.54) is 10.4 Å². The lowest BCUT2D eigenvalue weighted by atomic mass is 10.1. The van der Waals surface area contributed by atoms with Crippen molar-refractivity contribution < 1.29 is 4.79 Å². The van der Waals surface area contributed by atoms with Crippen molar-refractivity contribution in [1.29, 1.82) is 0 Å². The van der Waals surface area contributed by atoms with Gasteiger partial charge in [0.15, 0.2) is 0 Å². The Kier molecular flexibility index (Phi) is 4.88. The second-order valence-corrected chi connectivity index (χ2v) is 6.23. The van der Waals surface area contributed by atoms with Gasteiger partial charge in [-0.05, 0) is 42.1 Å². The first-order chi connectivity index (χ1) is 8.31. The van der Waals surface area contributed by atoms with Gasteiger partial charge in [0, 0.05) is 18.0 Å². The van der Waals surface area contributed by atoms with Gasteiger partial charge in [-0.25, -0.2) is 0 Å². The summed E-state index contributed by atoms with van der Waals surface area (Å²) in [7, 11) is 0. The molecule has 0 fully saturated rings. The molecule has 0 aliphatic carbocycles. The molecule has 5 heteroatoms. The molecule has 2 rings (SSSR count). The van der Waals surface area contributed by atoms with Gasteiger partial charge in [0.2, 0.25) is 5.91 Å². The highest BCUT2D eigenvalue weighted by Crippen LogP contribution is 2.24. The Balaban J connectivity index is 1.78. The largest absolute Gasteiger partial charge is 0.337 e. The van der Waals surface area contributed by atoms with E-state index in [2.05, 4.69) is 11.4 Å². The monoisotopic (exact) mass is 270 g/mol. The lowest BCUT2D eigenvalue weighted by molar-refractivity contribution is -0.129. The first kappa shape index (κ1) is 12.9. The average Bonchev–Trinajstić information content (AvgIpc) is 2.81. The quantitative estimate of drug-likeness (QED) is 0.829. The summed E-state index contributed by atoms with van der Waals surface area (Å²) < 4.78 is 0. The number of carbonyl (C=O) groups is 1. The van der Waals surface area contributed by atoms with E-state index in [0.29, 0.717) is 12.3 Å². The molecule has 2 heterocycles. The van der Waals surface area contributed by atoms with Gasteiger partial charge in [0.25, 0.3) is 0 Å². The van der Waals surface area contributed by atoms with Crippen LogP contribution in [0.25, 0.3) is 0 Å². The van der Waals surface area contributed by atoms with E-state index in [-0.39, 0.29) is 5.91 Å². The van der Waals surface area contributed by atoms with Crippen LogP contribution in [0.2, 0.25) is 0 Å². The fourth-order valence-electron chi connectivity index (χ4n) is 1.90. The molecule has 0 saturated carbocycles. The molecule has 3 nitrogen and oxygen atoms in total. The van der Waals surface area contributed by atoms with Gasteiger partial charge < -0.3 is 10.6 Å².